The first-order chi connectivity index (χ1) is 7.13. The number of rotatable bonds is 7. The summed E-state index contributed by atoms with van der Waals surface area (Å²) in [6, 6.07) is 1.34. The van der Waals surface area contributed by atoms with E-state index in [4.69, 9.17) is 4.74 Å². The number of hydrogen-bond donors (Lipinski definition) is 1. The van der Waals surface area contributed by atoms with E-state index in [2.05, 4.69) is 38.0 Å². The average molecular weight is 214 g/mol. The fourth-order valence-corrected chi connectivity index (χ4v) is 1.81. The van der Waals surface area contributed by atoms with Gasteiger partial charge in [-0.25, -0.2) is 0 Å². The van der Waals surface area contributed by atoms with E-state index >= 15 is 0 Å². The van der Waals surface area contributed by atoms with Gasteiger partial charge in [0.2, 0.25) is 0 Å². The molecule has 1 saturated carbocycles. The molecule has 0 atom stereocenters. The lowest BCUT2D eigenvalue weighted by molar-refractivity contribution is -0.0101. The van der Waals surface area contributed by atoms with Crippen LogP contribution in [-0.4, -0.2) is 49.8 Å². The molecule has 1 aliphatic rings. The Kier molecular flexibility index (Phi) is 5.58. The van der Waals surface area contributed by atoms with Crippen LogP contribution in [0.3, 0.4) is 0 Å². The molecule has 3 heteroatoms. The van der Waals surface area contributed by atoms with Crippen LogP contribution in [0.1, 0.15) is 33.6 Å². The monoisotopic (exact) mass is 214 g/mol. The van der Waals surface area contributed by atoms with E-state index < -0.39 is 0 Å². The van der Waals surface area contributed by atoms with Gasteiger partial charge in [0.1, 0.15) is 0 Å². The van der Waals surface area contributed by atoms with Gasteiger partial charge in [0.15, 0.2) is 0 Å². The molecule has 0 aromatic rings. The third-order valence-corrected chi connectivity index (χ3v) is 3.28. The molecule has 0 heterocycles. The summed E-state index contributed by atoms with van der Waals surface area (Å²) in [7, 11) is 2.18. The van der Waals surface area contributed by atoms with Gasteiger partial charge in [0, 0.05) is 31.8 Å². The van der Waals surface area contributed by atoms with Crippen molar-refractivity contribution in [3.63, 3.8) is 0 Å². The summed E-state index contributed by atoms with van der Waals surface area (Å²) in [5.41, 5.74) is 0. The average Bonchev–Trinajstić information content (AvgIpc) is 2.13. The summed E-state index contributed by atoms with van der Waals surface area (Å²) in [6.45, 7) is 9.61. The Morgan fingerprint density at radius 2 is 2.07 bits per heavy atom. The lowest BCUT2D eigenvalue weighted by Gasteiger charge is -2.36. The highest BCUT2D eigenvalue weighted by Crippen LogP contribution is 2.22. The number of nitrogens with zero attached hydrogens (tertiary/aromatic N) is 1. The summed E-state index contributed by atoms with van der Waals surface area (Å²) in [5, 5.41) is 3.57. The standard InChI is InChI=1S/C12H26N2O/c1-5-15-12-8-11(9-12)13-6-7-14(4)10(2)3/h10-13H,5-9H2,1-4H3. The van der Waals surface area contributed by atoms with Crippen LogP contribution in [0.2, 0.25) is 0 Å². The molecule has 1 N–H and O–H groups in total. The van der Waals surface area contributed by atoms with Crippen LogP contribution in [0, 0.1) is 0 Å². The number of ether oxygens (including phenoxy) is 1. The summed E-state index contributed by atoms with van der Waals surface area (Å²) in [4.78, 5) is 2.37. The van der Waals surface area contributed by atoms with Crippen molar-refractivity contribution in [3.8, 4) is 0 Å². The Balaban J connectivity index is 1.94. The first kappa shape index (κ1) is 12.9. The number of hydrogen-bond acceptors (Lipinski definition) is 3. The molecule has 0 saturated heterocycles. The van der Waals surface area contributed by atoms with E-state index in [-0.39, 0.29) is 0 Å². The van der Waals surface area contributed by atoms with Crippen LogP contribution in [0.5, 0.6) is 0 Å². The van der Waals surface area contributed by atoms with Gasteiger partial charge in [-0.1, -0.05) is 0 Å². The maximum atomic E-state index is 5.52. The molecule has 0 aromatic heterocycles. The van der Waals surface area contributed by atoms with E-state index in [9.17, 15) is 0 Å². The van der Waals surface area contributed by atoms with Crippen molar-refractivity contribution in [2.45, 2.75) is 51.8 Å². The van der Waals surface area contributed by atoms with Crippen LogP contribution in [0.15, 0.2) is 0 Å². The molecular formula is C12H26N2O. The Labute approximate surface area is 94.2 Å². The molecular weight excluding hydrogens is 188 g/mol. The van der Waals surface area contributed by atoms with Gasteiger partial charge in [-0.15, -0.1) is 0 Å². The molecule has 0 aromatic carbocycles. The Bertz CT molecular complexity index is 167. The molecule has 3 nitrogen and oxygen atoms in total. The topological polar surface area (TPSA) is 24.5 Å². The van der Waals surface area contributed by atoms with Gasteiger partial charge in [-0.3, -0.25) is 0 Å². The molecule has 15 heavy (non-hydrogen) atoms. The summed E-state index contributed by atoms with van der Waals surface area (Å²) < 4.78 is 5.52. The normalized spacial score (nSPS) is 26.0. The second kappa shape index (κ2) is 6.46. The van der Waals surface area contributed by atoms with Crippen molar-refractivity contribution >= 4 is 0 Å². The summed E-state index contributed by atoms with van der Waals surface area (Å²) in [5.74, 6) is 0. The predicted molar refractivity (Wildman–Crippen MR) is 64.2 cm³/mol. The third-order valence-electron chi connectivity index (χ3n) is 3.28. The minimum absolute atomic E-state index is 0.523. The predicted octanol–water partition coefficient (Wildman–Crippen LogP) is 1.48. The minimum atomic E-state index is 0.523. The molecule has 0 aliphatic heterocycles. The smallest absolute Gasteiger partial charge is 0.0604 e. The van der Waals surface area contributed by atoms with E-state index in [1.54, 1.807) is 0 Å². The van der Waals surface area contributed by atoms with E-state index in [0.29, 0.717) is 18.2 Å². The van der Waals surface area contributed by atoms with Crippen LogP contribution >= 0.6 is 0 Å². The summed E-state index contributed by atoms with van der Waals surface area (Å²) in [6.07, 6.45) is 2.91. The maximum Gasteiger partial charge on any atom is 0.0604 e. The minimum Gasteiger partial charge on any atom is -0.378 e. The van der Waals surface area contributed by atoms with Crippen LogP contribution in [-0.2, 0) is 4.74 Å². The van der Waals surface area contributed by atoms with Crippen molar-refractivity contribution in [2.24, 2.45) is 0 Å². The van der Waals surface area contributed by atoms with Gasteiger partial charge in [0.25, 0.3) is 0 Å². The Hall–Kier alpha value is -0.120. The van der Waals surface area contributed by atoms with Gasteiger partial charge in [0.05, 0.1) is 6.10 Å². The largest absolute Gasteiger partial charge is 0.378 e. The fraction of sp³-hybridized carbons (Fsp3) is 1.00. The van der Waals surface area contributed by atoms with E-state index in [1.807, 2.05) is 0 Å². The quantitative estimate of drug-likeness (QED) is 0.695. The Morgan fingerprint density at radius 3 is 2.60 bits per heavy atom. The highest BCUT2D eigenvalue weighted by molar-refractivity contribution is 4.86. The van der Waals surface area contributed by atoms with Crippen molar-refractivity contribution in [1.82, 2.24) is 10.2 Å². The molecule has 90 valence electrons. The molecule has 0 amide bonds. The maximum absolute atomic E-state index is 5.52. The first-order valence-corrected chi connectivity index (χ1v) is 6.18. The molecule has 0 bridgehead atoms. The van der Waals surface area contributed by atoms with Crippen molar-refractivity contribution in [1.29, 1.82) is 0 Å². The van der Waals surface area contributed by atoms with Gasteiger partial charge in [-0.05, 0) is 40.7 Å². The van der Waals surface area contributed by atoms with Crippen molar-refractivity contribution in [3.05, 3.63) is 0 Å². The molecule has 1 fully saturated rings. The van der Waals surface area contributed by atoms with Gasteiger partial charge >= 0.3 is 0 Å². The van der Waals surface area contributed by atoms with Crippen molar-refractivity contribution < 1.29 is 4.74 Å². The second-order valence-corrected chi connectivity index (χ2v) is 4.77. The molecule has 0 spiro atoms. The zero-order valence-corrected chi connectivity index (χ0v) is 10.6. The lowest BCUT2D eigenvalue weighted by Crippen LogP contribution is -2.47. The fourth-order valence-electron chi connectivity index (χ4n) is 1.81. The number of nitrogens with one attached hydrogen (secondary N) is 1. The Morgan fingerprint density at radius 1 is 1.40 bits per heavy atom. The van der Waals surface area contributed by atoms with Crippen LogP contribution in [0.4, 0.5) is 0 Å². The molecule has 0 radical (unpaired) electrons. The number of likely N-dealkylation sites (N-methyl/N-ethyl adjacent to an activating group) is 1. The third kappa shape index (κ3) is 4.49. The molecule has 1 rings (SSSR count). The van der Waals surface area contributed by atoms with E-state index in [0.717, 1.165) is 19.7 Å². The first-order valence-electron chi connectivity index (χ1n) is 6.18. The molecule has 1 aliphatic carbocycles. The highest BCUT2D eigenvalue weighted by atomic mass is 16.5. The van der Waals surface area contributed by atoms with Gasteiger partial charge in [-0.2, -0.15) is 0 Å². The van der Waals surface area contributed by atoms with Gasteiger partial charge < -0.3 is 15.0 Å². The summed E-state index contributed by atoms with van der Waals surface area (Å²) >= 11 is 0. The van der Waals surface area contributed by atoms with Crippen molar-refractivity contribution in [2.75, 3.05) is 26.7 Å². The van der Waals surface area contributed by atoms with Crippen LogP contribution in [0.25, 0.3) is 0 Å². The second-order valence-electron chi connectivity index (χ2n) is 4.77. The lowest BCUT2D eigenvalue weighted by atomic mass is 9.89. The zero-order chi connectivity index (χ0) is 11.3. The molecule has 0 unspecified atom stereocenters. The van der Waals surface area contributed by atoms with E-state index in [1.165, 1.54) is 12.8 Å². The van der Waals surface area contributed by atoms with Crippen LogP contribution < -0.4 is 5.32 Å². The zero-order valence-electron chi connectivity index (χ0n) is 10.6. The highest BCUT2D eigenvalue weighted by Gasteiger charge is 2.28. The SMILES string of the molecule is CCOC1CC(NCCN(C)C(C)C)C1.